The van der Waals surface area contributed by atoms with Gasteiger partial charge in [-0.05, 0) is 13.3 Å². The Bertz CT molecular complexity index is 620. The first-order valence-electron chi connectivity index (χ1n) is 6.87. The normalized spacial score (nSPS) is 11.2. The number of aromatic nitrogens is 4. The molecule has 0 unspecified atom stereocenters. The Balaban J connectivity index is 0.00000242. The van der Waals surface area contributed by atoms with Gasteiger partial charge >= 0.3 is 0 Å². The van der Waals surface area contributed by atoms with Gasteiger partial charge in [-0.25, -0.2) is 4.98 Å². The maximum atomic E-state index is 4.38. The average molecular weight is 435 g/mol. The van der Waals surface area contributed by atoms with Gasteiger partial charge in [0, 0.05) is 25.2 Å². The summed E-state index contributed by atoms with van der Waals surface area (Å²) in [6.45, 7) is 5.31. The molecule has 0 aliphatic carbocycles. The van der Waals surface area contributed by atoms with E-state index in [2.05, 4.69) is 37.7 Å². The molecule has 0 atom stereocenters. The standard InChI is InChI=1S/C13H21N7S.HI/c1-5-10-6-15-12(21-10)8-17-13(14-3)16-7-11-19-18-9(2)20(11)4;/h6H,5,7-8H2,1-4H3,(H2,14,16,17);1H. The summed E-state index contributed by atoms with van der Waals surface area (Å²) in [5.74, 6) is 2.49. The van der Waals surface area contributed by atoms with Crippen molar-refractivity contribution >= 4 is 41.3 Å². The van der Waals surface area contributed by atoms with E-state index in [1.54, 1.807) is 18.4 Å². The average Bonchev–Trinajstić information content (AvgIpc) is 3.08. The minimum absolute atomic E-state index is 0. The molecule has 2 N–H and O–H groups in total. The van der Waals surface area contributed by atoms with E-state index >= 15 is 0 Å². The Hall–Kier alpha value is -1.23. The fourth-order valence-corrected chi connectivity index (χ4v) is 2.54. The van der Waals surface area contributed by atoms with Gasteiger partial charge in [0.2, 0.25) is 0 Å². The molecular weight excluding hydrogens is 413 g/mol. The van der Waals surface area contributed by atoms with Crippen LogP contribution in [0.4, 0.5) is 0 Å². The van der Waals surface area contributed by atoms with Crippen LogP contribution in [-0.2, 0) is 26.6 Å². The molecule has 0 bridgehead atoms. The van der Waals surface area contributed by atoms with E-state index in [0.717, 1.165) is 29.0 Å². The largest absolute Gasteiger partial charge is 0.350 e. The molecule has 2 aromatic heterocycles. The highest BCUT2D eigenvalue weighted by molar-refractivity contribution is 14.0. The highest BCUT2D eigenvalue weighted by Gasteiger charge is 2.06. The topological polar surface area (TPSA) is 80.0 Å². The highest BCUT2D eigenvalue weighted by atomic mass is 127. The predicted molar refractivity (Wildman–Crippen MR) is 99.7 cm³/mol. The summed E-state index contributed by atoms with van der Waals surface area (Å²) in [6.07, 6.45) is 2.95. The van der Waals surface area contributed by atoms with Crippen LogP contribution in [0, 0.1) is 6.92 Å². The van der Waals surface area contributed by atoms with Crippen LogP contribution >= 0.6 is 35.3 Å². The van der Waals surface area contributed by atoms with Crippen molar-refractivity contribution in [1.29, 1.82) is 0 Å². The lowest BCUT2D eigenvalue weighted by Gasteiger charge is -2.10. The Kier molecular flexibility index (Phi) is 7.73. The van der Waals surface area contributed by atoms with Crippen molar-refractivity contribution in [3.8, 4) is 0 Å². The summed E-state index contributed by atoms with van der Waals surface area (Å²) >= 11 is 1.72. The van der Waals surface area contributed by atoms with Gasteiger partial charge in [0.15, 0.2) is 11.8 Å². The molecule has 22 heavy (non-hydrogen) atoms. The third-order valence-corrected chi connectivity index (χ3v) is 4.32. The molecular formula is C13H22IN7S. The fourth-order valence-electron chi connectivity index (χ4n) is 1.74. The molecule has 7 nitrogen and oxygen atoms in total. The van der Waals surface area contributed by atoms with Gasteiger partial charge in [-0.15, -0.1) is 45.5 Å². The molecule has 0 aliphatic rings. The van der Waals surface area contributed by atoms with Crippen LogP contribution in [0.5, 0.6) is 0 Å². The molecule has 2 rings (SSSR count). The van der Waals surface area contributed by atoms with Gasteiger partial charge in [0.1, 0.15) is 10.8 Å². The van der Waals surface area contributed by atoms with E-state index in [0.29, 0.717) is 13.1 Å². The van der Waals surface area contributed by atoms with E-state index in [-0.39, 0.29) is 24.0 Å². The lowest BCUT2D eigenvalue weighted by Crippen LogP contribution is -2.36. The van der Waals surface area contributed by atoms with Crippen molar-refractivity contribution in [3.05, 3.63) is 27.7 Å². The molecule has 0 amide bonds. The molecule has 2 aromatic rings. The zero-order chi connectivity index (χ0) is 15.2. The summed E-state index contributed by atoms with van der Waals surface area (Å²) in [6, 6.07) is 0. The summed E-state index contributed by atoms with van der Waals surface area (Å²) in [4.78, 5) is 9.87. The number of aryl methyl sites for hydroxylation is 2. The molecule has 0 radical (unpaired) electrons. The molecule has 2 heterocycles. The molecule has 122 valence electrons. The number of rotatable bonds is 5. The summed E-state index contributed by atoms with van der Waals surface area (Å²) < 4.78 is 1.95. The van der Waals surface area contributed by atoms with Crippen LogP contribution in [0.3, 0.4) is 0 Å². The molecule has 0 fully saturated rings. The maximum absolute atomic E-state index is 4.38. The Labute approximate surface area is 151 Å². The third-order valence-electron chi connectivity index (χ3n) is 3.18. The Morgan fingerprint density at radius 3 is 2.59 bits per heavy atom. The Morgan fingerprint density at radius 1 is 1.32 bits per heavy atom. The number of thiazole rings is 1. The van der Waals surface area contributed by atoms with Crippen LogP contribution in [-0.4, -0.2) is 32.8 Å². The van der Waals surface area contributed by atoms with E-state index in [4.69, 9.17) is 0 Å². The van der Waals surface area contributed by atoms with Gasteiger partial charge in [0.05, 0.1) is 13.1 Å². The minimum atomic E-state index is 0. The van der Waals surface area contributed by atoms with Crippen molar-refractivity contribution in [2.45, 2.75) is 33.4 Å². The Morgan fingerprint density at radius 2 is 2.05 bits per heavy atom. The van der Waals surface area contributed by atoms with Gasteiger partial charge < -0.3 is 15.2 Å². The molecule has 0 spiro atoms. The SMILES string of the molecule is CCc1cnc(CNC(=NC)NCc2nnc(C)n2C)s1.I. The molecule has 0 aromatic carbocycles. The molecule has 0 aliphatic heterocycles. The number of nitrogens with zero attached hydrogens (tertiary/aromatic N) is 5. The van der Waals surface area contributed by atoms with Gasteiger partial charge in [0.25, 0.3) is 0 Å². The lowest BCUT2D eigenvalue weighted by molar-refractivity contribution is 0.717. The van der Waals surface area contributed by atoms with Gasteiger partial charge in [-0.1, -0.05) is 6.92 Å². The number of aliphatic imine (C=N–C) groups is 1. The molecule has 0 saturated carbocycles. The van der Waals surface area contributed by atoms with Crippen molar-refractivity contribution in [1.82, 2.24) is 30.4 Å². The van der Waals surface area contributed by atoms with Crippen molar-refractivity contribution < 1.29 is 0 Å². The van der Waals surface area contributed by atoms with Gasteiger partial charge in [-0.3, -0.25) is 4.99 Å². The summed E-state index contributed by atoms with van der Waals surface area (Å²) in [7, 11) is 3.70. The monoisotopic (exact) mass is 435 g/mol. The van der Waals surface area contributed by atoms with Gasteiger partial charge in [-0.2, -0.15) is 0 Å². The number of hydrogen-bond acceptors (Lipinski definition) is 5. The number of hydrogen-bond donors (Lipinski definition) is 2. The predicted octanol–water partition coefficient (Wildman–Crippen LogP) is 1.63. The number of halogens is 1. The number of guanidine groups is 1. The first-order valence-corrected chi connectivity index (χ1v) is 7.68. The zero-order valence-electron chi connectivity index (χ0n) is 13.3. The van der Waals surface area contributed by atoms with Crippen LogP contribution < -0.4 is 10.6 Å². The van der Waals surface area contributed by atoms with Crippen LogP contribution in [0.1, 0.15) is 28.5 Å². The number of nitrogens with one attached hydrogen (secondary N) is 2. The minimum Gasteiger partial charge on any atom is -0.350 e. The van der Waals surface area contributed by atoms with E-state index in [1.807, 2.05) is 24.7 Å². The first-order chi connectivity index (χ1) is 10.1. The second kappa shape index (κ2) is 9.03. The highest BCUT2D eigenvalue weighted by Crippen LogP contribution is 2.12. The quantitative estimate of drug-likeness (QED) is 0.424. The van der Waals surface area contributed by atoms with E-state index in [1.165, 1.54) is 4.88 Å². The third kappa shape index (κ3) is 4.90. The summed E-state index contributed by atoms with van der Waals surface area (Å²) in [5, 5.41) is 15.7. The van der Waals surface area contributed by atoms with E-state index in [9.17, 15) is 0 Å². The summed E-state index contributed by atoms with van der Waals surface area (Å²) in [5.41, 5.74) is 0. The smallest absolute Gasteiger partial charge is 0.191 e. The molecule has 0 saturated heterocycles. The van der Waals surface area contributed by atoms with Crippen molar-refractivity contribution in [2.75, 3.05) is 7.05 Å². The zero-order valence-corrected chi connectivity index (χ0v) is 16.4. The first kappa shape index (κ1) is 18.8. The maximum Gasteiger partial charge on any atom is 0.191 e. The van der Waals surface area contributed by atoms with E-state index < -0.39 is 0 Å². The van der Waals surface area contributed by atoms with Crippen molar-refractivity contribution in [3.63, 3.8) is 0 Å². The van der Waals surface area contributed by atoms with Crippen LogP contribution in [0.15, 0.2) is 11.2 Å². The van der Waals surface area contributed by atoms with Crippen LogP contribution in [0.2, 0.25) is 0 Å². The second-order valence-corrected chi connectivity index (χ2v) is 5.78. The fraction of sp³-hybridized carbons (Fsp3) is 0.538. The van der Waals surface area contributed by atoms with Crippen LogP contribution in [0.25, 0.3) is 0 Å². The molecule has 9 heteroatoms. The second-order valence-electron chi connectivity index (χ2n) is 4.58. The van der Waals surface area contributed by atoms with Crippen molar-refractivity contribution in [2.24, 2.45) is 12.0 Å². The lowest BCUT2D eigenvalue weighted by atomic mass is 10.4.